The molecule has 5 amide bonds. The van der Waals surface area contributed by atoms with Gasteiger partial charge in [0.1, 0.15) is 17.5 Å². The molecule has 0 spiro atoms. The monoisotopic (exact) mass is 658 g/mol. The third kappa shape index (κ3) is 10.2. The quantitative estimate of drug-likeness (QED) is 0.128. The van der Waals surface area contributed by atoms with Gasteiger partial charge in [0, 0.05) is 31.9 Å². The standard InChI is InChI=1S/C33H50N6O6S/c1-8-15-34-29(43)26(41)30(46-19-22-12-13-22)37-28(42)25-21(4)14-17-39(25)31(44)27(33(5,6)7)36-32(45)35-23(20(2)3)18-38-16-10-9-11-24(38)40/h8-11,16,20-23,25,27,30H,1,12-15,17-19H2,2-7H3,(H,34,43)(H,37,42)(H2,35,36,45)/t21-,23+,25-,27+,30?/m0/s1. The summed E-state index contributed by atoms with van der Waals surface area (Å²) < 4.78 is 1.52. The predicted molar refractivity (Wildman–Crippen MR) is 179 cm³/mol. The van der Waals surface area contributed by atoms with Gasteiger partial charge < -0.3 is 30.7 Å². The van der Waals surface area contributed by atoms with Gasteiger partial charge in [0.15, 0.2) is 0 Å². The molecule has 2 fully saturated rings. The van der Waals surface area contributed by atoms with Crippen molar-refractivity contribution in [1.29, 1.82) is 0 Å². The normalized spacial score (nSPS) is 19.9. The molecule has 4 N–H and O–H groups in total. The Balaban J connectivity index is 1.75. The van der Waals surface area contributed by atoms with E-state index in [0.717, 1.165) is 12.8 Å². The first-order valence-corrected chi connectivity index (χ1v) is 17.1. The lowest BCUT2D eigenvalue weighted by molar-refractivity contribution is -0.143. The first-order valence-electron chi connectivity index (χ1n) is 16.0. The minimum absolute atomic E-state index is 0.0126. The molecule has 0 radical (unpaired) electrons. The SMILES string of the molecule is C=CCNC(=O)C(=O)C(NC(=O)[C@@H]1[C@@H](C)CCN1C(=O)[C@@H](NC(=O)N[C@H](Cn1ccccc1=O)C(C)C)C(C)(C)C)SCC1CC1. The van der Waals surface area contributed by atoms with Crippen molar-refractivity contribution < 1.29 is 24.0 Å². The third-order valence-electron chi connectivity index (χ3n) is 8.39. The van der Waals surface area contributed by atoms with Crippen molar-refractivity contribution in [3.8, 4) is 0 Å². The van der Waals surface area contributed by atoms with E-state index < -0.39 is 58.5 Å². The second-order valence-corrected chi connectivity index (χ2v) is 14.9. The van der Waals surface area contributed by atoms with Gasteiger partial charge in [0.2, 0.25) is 11.8 Å². The summed E-state index contributed by atoms with van der Waals surface area (Å²) in [6, 6.07) is 2.04. The summed E-state index contributed by atoms with van der Waals surface area (Å²) in [4.78, 5) is 80.5. The minimum Gasteiger partial charge on any atom is -0.346 e. The fraction of sp³-hybridized carbons (Fsp3) is 0.636. The molecule has 0 bridgehead atoms. The van der Waals surface area contributed by atoms with Crippen LogP contribution in [0.3, 0.4) is 0 Å². The third-order valence-corrected chi connectivity index (χ3v) is 9.72. The van der Waals surface area contributed by atoms with Crippen molar-refractivity contribution in [3.63, 3.8) is 0 Å². The molecule has 46 heavy (non-hydrogen) atoms. The fourth-order valence-corrected chi connectivity index (χ4v) is 6.54. The number of aromatic nitrogens is 1. The number of nitrogens with zero attached hydrogens (tertiary/aromatic N) is 2. The summed E-state index contributed by atoms with van der Waals surface area (Å²) in [7, 11) is 0. The van der Waals surface area contributed by atoms with Gasteiger partial charge >= 0.3 is 6.03 Å². The average molecular weight is 659 g/mol. The number of thioether (sulfide) groups is 1. The Bertz CT molecular complexity index is 1340. The zero-order chi connectivity index (χ0) is 34.2. The summed E-state index contributed by atoms with van der Waals surface area (Å²) in [5.41, 5.74) is -0.898. The molecule has 1 aromatic heterocycles. The molecule has 1 aliphatic heterocycles. The number of amides is 5. The van der Waals surface area contributed by atoms with E-state index in [-0.39, 0.29) is 30.5 Å². The van der Waals surface area contributed by atoms with E-state index in [4.69, 9.17) is 0 Å². The highest BCUT2D eigenvalue weighted by Gasteiger charge is 2.46. The number of hydrogen-bond acceptors (Lipinski definition) is 7. The predicted octanol–water partition coefficient (Wildman–Crippen LogP) is 2.28. The van der Waals surface area contributed by atoms with Crippen LogP contribution in [-0.4, -0.2) is 81.3 Å². The van der Waals surface area contributed by atoms with E-state index in [9.17, 15) is 28.8 Å². The van der Waals surface area contributed by atoms with E-state index >= 15 is 0 Å². The fourth-order valence-electron chi connectivity index (χ4n) is 5.28. The Morgan fingerprint density at radius 1 is 1.07 bits per heavy atom. The van der Waals surface area contributed by atoms with Crippen LogP contribution in [-0.2, 0) is 25.7 Å². The van der Waals surface area contributed by atoms with Crippen LogP contribution in [0.4, 0.5) is 4.79 Å². The van der Waals surface area contributed by atoms with Gasteiger partial charge in [-0.15, -0.1) is 18.3 Å². The summed E-state index contributed by atoms with van der Waals surface area (Å²) in [5, 5.41) is 9.94. The summed E-state index contributed by atoms with van der Waals surface area (Å²) >= 11 is 1.23. The first-order chi connectivity index (χ1) is 21.6. The number of pyridine rings is 1. The number of carbonyl (C=O) groups excluding carboxylic acids is 5. The summed E-state index contributed by atoms with van der Waals surface area (Å²) in [5.74, 6) is -1.63. The molecule has 1 aromatic rings. The Morgan fingerprint density at radius 2 is 1.76 bits per heavy atom. The van der Waals surface area contributed by atoms with E-state index in [1.165, 1.54) is 33.4 Å². The minimum atomic E-state index is -1.09. The topological polar surface area (TPSA) is 159 Å². The highest BCUT2D eigenvalue weighted by atomic mass is 32.2. The molecule has 3 rings (SSSR count). The lowest BCUT2D eigenvalue weighted by atomic mass is 9.85. The van der Waals surface area contributed by atoms with Crippen molar-refractivity contribution in [2.24, 2.45) is 23.2 Å². The number of hydrogen-bond donors (Lipinski definition) is 4. The van der Waals surface area contributed by atoms with Gasteiger partial charge in [0.05, 0.1) is 6.04 Å². The van der Waals surface area contributed by atoms with Gasteiger partial charge in [0.25, 0.3) is 17.2 Å². The van der Waals surface area contributed by atoms with Crippen LogP contribution in [0.15, 0.2) is 41.8 Å². The van der Waals surface area contributed by atoms with Crippen molar-refractivity contribution in [1.82, 2.24) is 30.7 Å². The van der Waals surface area contributed by atoms with Crippen LogP contribution in [0, 0.1) is 23.2 Å². The number of nitrogens with one attached hydrogen (secondary N) is 4. The molecule has 1 aliphatic carbocycles. The zero-order valence-corrected chi connectivity index (χ0v) is 28.7. The highest BCUT2D eigenvalue weighted by Crippen LogP contribution is 2.34. The molecule has 13 heteroatoms. The number of urea groups is 1. The van der Waals surface area contributed by atoms with Crippen LogP contribution >= 0.6 is 11.8 Å². The largest absolute Gasteiger partial charge is 0.346 e. The van der Waals surface area contributed by atoms with E-state index in [2.05, 4.69) is 27.8 Å². The second kappa shape index (κ2) is 16.3. The van der Waals surface area contributed by atoms with E-state index in [1.807, 2.05) is 41.5 Å². The lowest BCUT2D eigenvalue weighted by Gasteiger charge is -2.36. The van der Waals surface area contributed by atoms with E-state index in [1.54, 1.807) is 18.3 Å². The number of Topliss-reactive ketones (excluding diaryl/α,β-unsaturated/α-hetero) is 1. The van der Waals surface area contributed by atoms with Crippen LogP contribution in [0.25, 0.3) is 0 Å². The van der Waals surface area contributed by atoms with Gasteiger partial charge in [-0.05, 0) is 54.3 Å². The van der Waals surface area contributed by atoms with Gasteiger partial charge in [-0.2, -0.15) is 0 Å². The molecular weight excluding hydrogens is 608 g/mol. The second-order valence-electron chi connectivity index (χ2n) is 13.7. The van der Waals surface area contributed by atoms with Crippen LogP contribution in [0.1, 0.15) is 60.8 Å². The molecule has 2 aliphatic rings. The molecule has 0 aromatic carbocycles. The van der Waals surface area contributed by atoms with Gasteiger partial charge in [-0.1, -0.05) is 53.7 Å². The molecule has 1 saturated heterocycles. The van der Waals surface area contributed by atoms with E-state index in [0.29, 0.717) is 24.6 Å². The summed E-state index contributed by atoms with van der Waals surface area (Å²) in [6.45, 7) is 15.5. The smallest absolute Gasteiger partial charge is 0.315 e. The van der Waals surface area contributed by atoms with Crippen LogP contribution < -0.4 is 26.8 Å². The summed E-state index contributed by atoms with van der Waals surface area (Å²) in [6.07, 6.45) is 5.78. The molecule has 12 nitrogen and oxygen atoms in total. The molecule has 1 unspecified atom stereocenters. The Morgan fingerprint density at radius 3 is 2.35 bits per heavy atom. The maximum absolute atomic E-state index is 14.1. The molecule has 2 heterocycles. The number of rotatable bonds is 15. The Kier molecular flexibility index (Phi) is 13.0. The van der Waals surface area contributed by atoms with Gasteiger partial charge in [-0.25, -0.2) is 4.79 Å². The van der Waals surface area contributed by atoms with Gasteiger partial charge in [-0.3, -0.25) is 24.0 Å². The molecule has 254 valence electrons. The average Bonchev–Trinajstić information content (AvgIpc) is 3.74. The maximum atomic E-state index is 14.1. The molecular formula is C33H50N6O6S. The van der Waals surface area contributed by atoms with Crippen molar-refractivity contribution in [3.05, 3.63) is 47.4 Å². The van der Waals surface area contributed by atoms with Crippen molar-refractivity contribution in [2.75, 3.05) is 18.8 Å². The number of likely N-dealkylation sites (tertiary alicyclic amines) is 1. The Hall–Kier alpha value is -3.61. The molecule has 1 saturated carbocycles. The maximum Gasteiger partial charge on any atom is 0.315 e. The van der Waals surface area contributed by atoms with Crippen LogP contribution in [0.5, 0.6) is 0 Å². The lowest BCUT2D eigenvalue weighted by Crippen LogP contribution is -2.61. The zero-order valence-electron chi connectivity index (χ0n) is 27.8. The Labute approximate surface area is 275 Å². The number of ketones is 1. The van der Waals surface area contributed by atoms with Crippen molar-refractivity contribution >= 4 is 41.3 Å². The van der Waals surface area contributed by atoms with Crippen molar-refractivity contribution in [2.45, 2.75) is 90.8 Å². The number of carbonyl (C=O) groups is 5. The molecule has 5 atom stereocenters. The highest BCUT2D eigenvalue weighted by molar-refractivity contribution is 8.00. The van der Waals surface area contributed by atoms with Crippen LogP contribution in [0.2, 0.25) is 0 Å². The first kappa shape index (κ1) is 36.9.